The highest BCUT2D eigenvalue weighted by Gasteiger charge is 2.16. The molecule has 4 aromatic rings. The lowest BCUT2D eigenvalue weighted by Crippen LogP contribution is -2.22. The molecule has 0 saturated heterocycles. The maximum atomic E-state index is 13.3. The Kier molecular flexibility index (Phi) is 4.62. The maximum Gasteiger partial charge on any atom is 0.266 e. The molecule has 0 amide bonds. The Morgan fingerprint density at radius 1 is 1.07 bits per heavy atom. The van der Waals surface area contributed by atoms with Crippen molar-refractivity contribution in [3.8, 4) is 16.4 Å². The van der Waals surface area contributed by atoms with E-state index in [2.05, 4.69) is 22.6 Å². The van der Waals surface area contributed by atoms with Gasteiger partial charge >= 0.3 is 0 Å². The standard InChI is InChI=1S/C18H12IN3O3S2/c19-11-3-8-15-14(10-11)18(23)22(17(21-15)16-2-1-9-26-16)12-4-6-13(7-5-12)27(20,24)25/h1-10H,(H2,20,24,25). The third kappa shape index (κ3) is 3.43. The number of hydrogen-bond donors (Lipinski definition) is 1. The van der Waals surface area contributed by atoms with E-state index in [1.54, 1.807) is 18.2 Å². The van der Waals surface area contributed by atoms with Gasteiger partial charge in [0.25, 0.3) is 5.56 Å². The van der Waals surface area contributed by atoms with Gasteiger partial charge in [-0.2, -0.15) is 0 Å². The van der Waals surface area contributed by atoms with Gasteiger partial charge in [-0.25, -0.2) is 18.5 Å². The van der Waals surface area contributed by atoms with Gasteiger partial charge in [-0.05, 0) is 76.5 Å². The molecule has 4 rings (SSSR count). The molecular formula is C18H12IN3O3S2. The summed E-state index contributed by atoms with van der Waals surface area (Å²) in [5, 5.41) is 7.57. The Hall–Kier alpha value is -2.08. The topological polar surface area (TPSA) is 95.1 Å². The zero-order valence-corrected chi connectivity index (χ0v) is 17.5. The molecular weight excluding hydrogens is 497 g/mol. The van der Waals surface area contributed by atoms with E-state index in [9.17, 15) is 13.2 Å². The quantitative estimate of drug-likeness (QED) is 0.429. The first-order valence-electron chi connectivity index (χ1n) is 7.74. The molecule has 0 bridgehead atoms. The van der Waals surface area contributed by atoms with Crippen LogP contribution in [0.4, 0.5) is 0 Å². The van der Waals surface area contributed by atoms with Crippen LogP contribution in [0.5, 0.6) is 0 Å². The normalized spacial score (nSPS) is 11.8. The maximum absolute atomic E-state index is 13.3. The first-order valence-corrected chi connectivity index (χ1v) is 11.2. The molecule has 0 unspecified atom stereocenters. The Labute approximate surface area is 172 Å². The van der Waals surface area contributed by atoms with Crippen LogP contribution in [0.2, 0.25) is 0 Å². The van der Waals surface area contributed by atoms with E-state index >= 15 is 0 Å². The van der Waals surface area contributed by atoms with Crippen molar-refractivity contribution in [2.75, 3.05) is 0 Å². The van der Waals surface area contributed by atoms with Crippen LogP contribution in [0.15, 0.2) is 69.7 Å². The highest BCUT2D eigenvalue weighted by atomic mass is 127. The number of halogens is 1. The summed E-state index contributed by atoms with van der Waals surface area (Å²) in [6.45, 7) is 0. The highest BCUT2D eigenvalue weighted by molar-refractivity contribution is 14.1. The fourth-order valence-electron chi connectivity index (χ4n) is 2.75. The van der Waals surface area contributed by atoms with Gasteiger partial charge in [-0.15, -0.1) is 11.3 Å². The predicted octanol–water partition coefficient (Wildman–Crippen LogP) is 3.37. The van der Waals surface area contributed by atoms with Crippen molar-refractivity contribution in [3.63, 3.8) is 0 Å². The van der Waals surface area contributed by atoms with Crippen molar-refractivity contribution < 1.29 is 8.42 Å². The van der Waals surface area contributed by atoms with Crippen molar-refractivity contribution in [2.45, 2.75) is 4.90 Å². The van der Waals surface area contributed by atoms with Gasteiger partial charge < -0.3 is 0 Å². The van der Waals surface area contributed by atoms with E-state index in [4.69, 9.17) is 10.1 Å². The first kappa shape index (κ1) is 18.3. The van der Waals surface area contributed by atoms with Crippen molar-refractivity contribution in [3.05, 3.63) is 73.9 Å². The molecule has 2 N–H and O–H groups in total. The van der Waals surface area contributed by atoms with Crippen LogP contribution < -0.4 is 10.7 Å². The number of aromatic nitrogens is 2. The lowest BCUT2D eigenvalue weighted by molar-refractivity contribution is 0.598. The van der Waals surface area contributed by atoms with Crippen molar-refractivity contribution in [1.29, 1.82) is 0 Å². The SMILES string of the molecule is NS(=O)(=O)c1ccc(-n2c(-c3cccs3)nc3ccc(I)cc3c2=O)cc1. The summed E-state index contributed by atoms with van der Waals surface area (Å²) in [5.41, 5.74) is 0.913. The smallest absolute Gasteiger partial charge is 0.266 e. The second-order valence-corrected chi connectivity index (χ2v) is 9.51. The van der Waals surface area contributed by atoms with Crippen LogP contribution in [0.25, 0.3) is 27.3 Å². The molecule has 0 saturated carbocycles. The number of nitrogens with two attached hydrogens (primary N) is 1. The lowest BCUT2D eigenvalue weighted by atomic mass is 10.2. The second-order valence-electron chi connectivity index (χ2n) is 5.75. The van der Waals surface area contributed by atoms with E-state index in [1.165, 1.54) is 28.0 Å². The Bertz CT molecular complexity index is 1310. The average Bonchev–Trinajstić information content (AvgIpc) is 3.16. The number of nitrogens with zero attached hydrogens (tertiary/aromatic N) is 2. The summed E-state index contributed by atoms with van der Waals surface area (Å²) in [6, 6.07) is 15.2. The average molecular weight is 509 g/mol. The molecule has 136 valence electrons. The molecule has 6 nitrogen and oxygen atoms in total. The Balaban J connectivity index is 2.05. The summed E-state index contributed by atoms with van der Waals surface area (Å²) < 4.78 is 25.4. The molecule has 0 radical (unpaired) electrons. The van der Waals surface area contributed by atoms with Gasteiger partial charge in [0.1, 0.15) is 0 Å². The number of sulfonamides is 1. The lowest BCUT2D eigenvalue weighted by Gasteiger charge is -2.13. The van der Waals surface area contributed by atoms with Crippen LogP contribution in [0.3, 0.4) is 0 Å². The number of primary sulfonamides is 1. The predicted molar refractivity (Wildman–Crippen MR) is 115 cm³/mol. The van der Waals surface area contributed by atoms with Crippen molar-refractivity contribution in [2.24, 2.45) is 5.14 Å². The number of rotatable bonds is 3. The molecule has 0 fully saturated rings. The van der Waals surface area contributed by atoms with Crippen molar-refractivity contribution >= 4 is 54.9 Å². The molecule has 2 heterocycles. The van der Waals surface area contributed by atoms with E-state index in [0.717, 1.165) is 8.45 Å². The molecule has 0 aliphatic heterocycles. The zero-order valence-electron chi connectivity index (χ0n) is 13.7. The first-order chi connectivity index (χ1) is 12.8. The third-order valence-corrected chi connectivity index (χ3v) is 6.46. The summed E-state index contributed by atoms with van der Waals surface area (Å²) in [7, 11) is -3.81. The van der Waals surface area contributed by atoms with Gasteiger partial charge in [0.05, 0.1) is 26.4 Å². The molecule has 9 heteroatoms. The largest absolute Gasteiger partial charge is 0.268 e. The summed E-state index contributed by atoms with van der Waals surface area (Å²) in [4.78, 5) is 18.8. The molecule has 0 aliphatic rings. The highest BCUT2D eigenvalue weighted by Crippen LogP contribution is 2.26. The molecule has 27 heavy (non-hydrogen) atoms. The van der Waals surface area contributed by atoms with Crippen LogP contribution in [-0.2, 0) is 10.0 Å². The fraction of sp³-hybridized carbons (Fsp3) is 0. The summed E-state index contributed by atoms with van der Waals surface area (Å²) >= 11 is 3.62. The fourth-order valence-corrected chi connectivity index (χ4v) is 4.46. The molecule has 0 atom stereocenters. The second kappa shape index (κ2) is 6.82. The Morgan fingerprint density at radius 2 is 1.81 bits per heavy atom. The van der Waals surface area contributed by atoms with Crippen molar-refractivity contribution in [1.82, 2.24) is 9.55 Å². The van der Waals surface area contributed by atoms with E-state index < -0.39 is 10.0 Å². The van der Waals surface area contributed by atoms with Gasteiger partial charge in [-0.3, -0.25) is 9.36 Å². The monoisotopic (exact) mass is 509 g/mol. The number of hydrogen-bond acceptors (Lipinski definition) is 5. The zero-order chi connectivity index (χ0) is 19.2. The van der Waals surface area contributed by atoms with Gasteiger partial charge in [0.15, 0.2) is 5.82 Å². The van der Waals surface area contributed by atoms with Crippen LogP contribution in [-0.4, -0.2) is 18.0 Å². The number of thiophene rings is 1. The minimum absolute atomic E-state index is 0.0136. The number of benzene rings is 2. The molecule has 2 aromatic heterocycles. The summed E-state index contributed by atoms with van der Waals surface area (Å²) in [5.74, 6) is 0.507. The Morgan fingerprint density at radius 3 is 2.44 bits per heavy atom. The molecule has 2 aromatic carbocycles. The minimum Gasteiger partial charge on any atom is -0.268 e. The van der Waals surface area contributed by atoms with Gasteiger partial charge in [-0.1, -0.05) is 6.07 Å². The van der Waals surface area contributed by atoms with Crippen LogP contribution >= 0.6 is 33.9 Å². The van der Waals surface area contributed by atoms with Crippen LogP contribution in [0.1, 0.15) is 0 Å². The van der Waals surface area contributed by atoms with Gasteiger partial charge in [0, 0.05) is 3.57 Å². The third-order valence-electron chi connectivity index (χ3n) is 4.00. The number of fused-ring (bicyclic) bond motifs is 1. The van der Waals surface area contributed by atoms with Gasteiger partial charge in [0.2, 0.25) is 10.0 Å². The van der Waals surface area contributed by atoms with E-state index in [1.807, 2.05) is 29.6 Å². The van der Waals surface area contributed by atoms with E-state index in [-0.39, 0.29) is 10.5 Å². The minimum atomic E-state index is -3.81. The van der Waals surface area contributed by atoms with E-state index in [0.29, 0.717) is 22.4 Å². The molecule has 0 aliphatic carbocycles. The van der Waals surface area contributed by atoms with Crippen LogP contribution in [0, 0.1) is 3.57 Å². The summed E-state index contributed by atoms with van der Waals surface area (Å²) in [6.07, 6.45) is 0. The molecule has 0 spiro atoms.